The lowest BCUT2D eigenvalue weighted by atomic mass is 9.97. The molecule has 0 aliphatic carbocycles. The zero-order chi connectivity index (χ0) is 21.8. The van der Waals surface area contributed by atoms with Gasteiger partial charge in [0.2, 0.25) is 0 Å². The smallest absolute Gasteiger partial charge is 0.309 e. The van der Waals surface area contributed by atoms with Crippen LogP contribution in [0, 0.1) is 11.8 Å². The van der Waals surface area contributed by atoms with E-state index in [9.17, 15) is 19.8 Å². The van der Waals surface area contributed by atoms with E-state index in [1.165, 1.54) is 0 Å². The van der Waals surface area contributed by atoms with Crippen molar-refractivity contribution in [1.29, 1.82) is 0 Å². The second kappa shape index (κ2) is 13.9. The average Bonchev–Trinajstić information content (AvgIpc) is 2.67. The molecule has 0 aromatic carbocycles. The fraction of sp³-hybridized carbons (Fsp3) is 0.909. The van der Waals surface area contributed by atoms with E-state index in [0.717, 1.165) is 38.5 Å². The number of rotatable bonds is 13. The third-order valence-electron chi connectivity index (χ3n) is 5.38. The van der Waals surface area contributed by atoms with Crippen LogP contribution in [-0.2, 0) is 23.8 Å². The second-order valence-electron chi connectivity index (χ2n) is 8.01. The minimum Gasteiger partial charge on any atom is -0.463 e. The molecule has 1 saturated heterocycles. The van der Waals surface area contributed by atoms with Crippen LogP contribution in [0.2, 0.25) is 0 Å². The van der Waals surface area contributed by atoms with Gasteiger partial charge in [0.1, 0.15) is 12.7 Å². The summed E-state index contributed by atoms with van der Waals surface area (Å²) in [6, 6.07) is 0. The number of aliphatic hydroxyl groups excluding tert-OH is 2. The van der Waals surface area contributed by atoms with Gasteiger partial charge in [-0.05, 0) is 25.7 Å². The maximum absolute atomic E-state index is 12.6. The van der Waals surface area contributed by atoms with Gasteiger partial charge in [0.25, 0.3) is 0 Å². The van der Waals surface area contributed by atoms with Crippen molar-refractivity contribution in [3.63, 3.8) is 0 Å². The van der Waals surface area contributed by atoms with Gasteiger partial charge >= 0.3 is 11.9 Å². The molecule has 1 aliphatic rings. The van der Waals surface area contributed by atoms with Crippen LogP contribution < -0.4 is 0 Å². The number of hydrogen-bond donors (Lipinski definition) is 2. The average molecular weight is 417 g/mol. The van der Waals surface area contributed by atoms with Crippen molar-refractivity contribution in [1.82, 2.24) is 0 Å². The second-order valence-corrected chi connectivity index (χ2v) is 8.01. The van der Waals surface area contributed by atoms with Crippen LogP contribution >= 0.6 is 0 Å². The first-order chi connectivity index (χ1) is 13.9. The van der Waals surface area contributed by atoms with Crippen molar-refractivity contribution in [3.05, 3.63) is 0 Å². The van der Waals surface area contributed by atoms with Crippen molar-refractivity contribution < 1.29 is 34.0 Å². The molecule has 0 amide bonds. The standard InChI is InChI=1S/C22H40O7/c1-5-9-15(10-6-2)21(25)27-14-18-20(17(23)13-19(24)28-18)29-22(26)16(11-7-3)12-8-4/h15-20,23-24H,5-14H2,1-4H3/t17-,18-,19+,20+/m1/s1. The Morgan fingerprint density at radius 1 is 0.897 bits per heavy atom. The largest absolute Gasteiger partial charge is 0.463 e. The van der Waals surface area contributed by atoms with E-state index in [1.807, 2.05) is 27.7 Å². The van der Waals surface area contributed by atoms with Crippen LogP contribution in [0.1, 0.15) is 85.5 Å². The monoisotopic (exact) mass is 416 g/mol. The van der Waals surface area contributed by atoms with Gasteiger partial charge in [-0.25, -0.2) is 0 Å². The highest BCUT2D eigenvalue weighted by Crippen LogP contribution is 2.26. The topological polar surface area (TPSA) is 102 Å². The fourth-order valence-corrected chi connectivity index (χ4v) is 3.88. The fourth-order valence-electron chi connectivity index (χ4n) is 3.88. The van der Waals surface area contributed by atoms with Crippen LogP contribution in [0.3, 0.4) is 0 Å². The third kappa shape index (κ3) is 8.60. The van der Waals surface area contributed by atoms with Crippen molar-refractivity contribution >= 4 is 11.9 Å². The maximum Gasteiger partial charge on any atom is 0.309 e. The number of carbonyl (C=O) groups excluding carboxylic acids is 2. The van der Waals surface area contributed by atoms with Crippen LogP contribution in [0.5, 0.6) is 0 Å². The molecule has 1 fully saturated rings. The van der Waals surface area contributed by atoms with Crippen LogP contribution in [0.15, 0.2) is 0 Å². The summed E-state index contributed by atoms with van der Waals surface area (Å²) in [5, 5.41) is 20.2. The summed E-state index contributed by atoms with van der Waals surface area (Å²) >= 11 is 0. The van der Waals surface area contributed by atoms with Crippen molar-refractivity contribution in [3.8, 4) is 0 Å². The molecule has 29 heavy (non-hydrogen) atoms. The molecule has 7 nitrogen and oxygen atoms in total. The number of ether oxygens (including phenoxy) is 3. The molecular weight excluding hydrogens is 376 g/mol. The minimum atomic E-state index is -1.19. The lowest BCUT2D eigenvalue weighted by Crippen LogP contribution is -2.53. The lowest BCUT2D eigenvalue weighted by molar-refractivity contribution is -0.251. The quantitative estimate of drug-likeness (QED) is 0.444. The summed E-state index contributed by atoms with van der Waals surface area (Å²) in [7, 11) is 0. The SMILES string of the molecule is CCCC(CCC)C(=O)OC[C@H]1O[C@H](O)C[C@@H](O)[C@@H]1OC(=O)C(CCC)CCC. The molecule has 1 heterocycles. The Hall–Kier alpha value is -1.18. The van der Waals surface area contributed by atoms with E-state index in [0.29, 0.717) is 12.8 Å². The summed E-state index contributed by atoms with van der Waals surface area (Å²) in [4.78, 5) is 25.0. The Morgan fingerprint density at radius 3 is 1.86 bits per heavy atom. The summed E-state index contributed by atoms with van der Waals surface area (Å²) in [5.41, 5.74) is 0. The molecule has 1 aliphatic heterocycles. The summed E-state index contributed by atoms with van der Waals surface area (Å²) in [6.45, 7) is 7.89. The Labute approximate surface area is 175 Å². The molecule has 0 aromatic rings. The van der Waals surface area contributed by atoms with Crippen molar-refractivity contribution in [2.45, 2.75) is 110 Å². The summed E-state index contributed by atoms with van der Waals surface area (Å²) in [5.74, 6) is -1.09. The lowest BCUT2D eigenvalue weighted by Gasteiger charge is -2.37. The highest BCUT2D eigenvalue weighted by Gasteiger charge is 2.41. The van der Waals surface area contributed by atoms with Gasteiger partial charge in [-0.1, -0.05) is 53.4 Å². The predicted octanol–water partition coefficient (Wildman–Crippen LogP) is 3.34. The number of hydrogen-bond acceptors (Lipinski definition) is 7. The van der Waals surface area contributed by atoms with Gasteiger partial charge in [0.15, 0.2) is 12.4 Å². The van der Waals surface area contributed by atoms with Gasteiger partial charge in [0.05, 0.1) is 17.9 Å². The molecule has 0 radical (unpaired) electrons. The highest BCUT2D eigenvalue weighted by atomic mass is 16.7. The molecule has 170 valence electrons. The zero-order valence-corrected chi connectivity index (χ0v) is 18.5. The predicted molar refractivity (Wildman–Crippen MR) is 109 cm³/mol. The van der Waals surface area contributed by atoms with E-state index in [2.05, 4.69) is 0 Å². The molecule has 0 aromatic heterocycles. The van der Waals surface area contributed by atoms with E-state index in [4.69, 9.17) is 14.2 Å². The van der Waals surface area contributed by atoms with Gasteiger partial charge in [-0.2, -0.15) is 0 Å². The Kier molecular flexibility index (Phi) is 12.4. The molecule has 1 rings (SSSR count). The number of esters is 2. The first-order valence-electron chi connectivity index (χ1n) is 11.3. The Bertz CT molecular complexity index is 470. The molecule has 4 atom stereocenters. The minimum absolute atomic E-state index is 0.0527. The van der Waals surface area contributed by atoms with E-state index in [-0.39, 0.29) is 36.8 Å². The first kappa shape index (κ1) is 25.9. The van der Waals surface area contributed by atoms with Crippen molar-refractivity contribution in [2.24, 2.45) is 11.8 Å². The van der Waals surface area contributed by atoms with Gasteiger partial charge in [0, 0.05) is 6.42 Å². The van der Waals surface area contributed by atoms with Crippen LogP contribution in [-0.4, -0.2) is 53.4 Å². The molecule has 0 spiro atoms. The Morgan fingerprint density at radius 2 is 1.38 bits per heavy atom. The maximum atomic E-state index is 12.6. The van der Waals surface area contributed by atoms with E-state index < -0.39 is 24.6 Å². The normalized spacial score (nSPS) is 24.7. The molecule has 0 bridgehead atoms. The highest BCUT2D eigenvalue weighted by molar-refractivity contribution is 5.73. The van der Waals surface area contributed by atoms with Gasteiger partial charge < -0.3 is 24.4 Å². The molecular formula is C22H40O7. The van der Waals surface area contributed by atoms with Gasteiger partial charge in [-0.3, -0.25) is 9.59 Å². The van der Waals surface area contributed by atoms with E-state index in [1.54, 1.807) is 0 Å². The number of aliphatic hydroxyl groups is 2. The molecule has 7 heteroatoms. The number of carbonyl (C=O) groups is 2. The zero-order valence-electron chi connectivity index (χ0n) is 18.5. The molecule has 0 saturated carbocycles. The summed E-state index contributed by atoms with van der Waals surface area (Å²) < 4.78 is 16.5. The van der Waals surface area contributed by atoms with Crippen LogP contribution in [0.4, 0.5) is 0 Å². The van der Waals surface area contributed by atoms with Gasteiger partial charge in [-0.15, -0.1) is 0 Å². The van der Waals surface area contributed by atoms with Crippen molar-refractivity contribution in [2.75, 3.05) is 6.61 Å². The summed E-state index contributed by atoms with van der Waals surface area (Å²) in [6.07, 6.45) is 2.24. The molecule has 0 unspecified atom stereocenters. The molecule has 2 N–H and O–H groups in total. The Balaban J connectivity index is 2.77. The third-order valence-corrected chi connectivity index (χ3v) is 5.38. The first-order valence-corrected chi connectivity index (χ1v) is 11.3. The van der Waals surface area contributed by atoms with E-state index >= 15 is 0 Å². The van der Waals surface area contributed by atoms with Crippen LogP contribution in [0.25, 0.3) is 0 Å².